The average molecular weight is 262 g/mol. The lowest BCUT2D eigenvalue weighted by molar-refractivity contribution is -0.123. The van der Waals surface area contributed by atoms with Crippen LogP contribution in [0.3, 0.4) is 0 Å². The van der Waals surface area contributed by atoms with Crippen LogP contribution in [0.15, 0.2) is 0 Å². The highest BCUT2D eigenvalue weighted by molar-refractivity contribution is 5.82. The Morgan fingerprint density at radius 1 is 1.16 bits per heavy atom. The van der Waals surface area contributed by atoms with Gasteiger partial charge in [0.05, 0.1) is 0 Å². The van der Waals surface area contributed by atoms with E-state index in [-0.39, 0.29) is 0 Å². The van der Waals surface area contributed by atoms with Gasteiger partial charge in [0.15, 0.2) is 0 Å². The van der Waals surface area contributed by atoms with E-state index in [2.05, 4.69) is 10.6 Å². The molecule has 4 aliphatic rings. The molecule has 1 spiro atoms. The van der Waals surface area contributed by atoms with Gasteiger partial charge in [0, 0.05) is 12.5 Å². The number of carbonyl (C=O) groups is 1. The van der Waals surface area contributed by atoms with Gasteiger partial charge in [0.25, 0.3) is 0 Å². The van der Waals surface area contributed by atoms with Crippen molar-refractivity contribution in [2.45, 2.75) is 44.9 Å². The SMILES string of the molecule is O=C(NCC(C1CC1)C1CC1)C1CC12CCNCC2. The molecule has 3 heteroatoms. The second kappa shape index (κ2) is 4.47. The fourth-order valence-electron chi connectivity index (χ4n) is 4.30. The molecule has 106 valence electrons. The summed E-state index contributed by atoms with van der Waals surface area (Å²) in [7, 11) is 0. The molecule has 0 aromatic carbocycles. The summed E-state index contributed by atoms with van der Waals surface area (Å²) in [5.74, 6) is 3.41. The highest BCUT2D eigenvalue weighted by Crippen LogP contribution is 2.58. The van der Waals surface area contributed by atoms with Crippen LogP contribution in [0.25, 0.3) is 0 Å². The Morgan fingerprint density at radius 3 is 2.37 bits per heavy atom. The fraction of sp³-hybridized carbons (Fsp3) is 0.938. The highest BCUT2D eigenvalue weighted by Gasteiger charge is 2.57. The molecule has 3 aliphatic carbocycles. The van der Waals surface area contributed by atoms with Crippen LogP contribution < -0.4 is 10.6 Å². The molecule has 1 atom stereocenters. The van der Waals surface area contributed by atoms with Crippen LogP contribution in [-0.4, -0.2) is 25.5 Å². The van der Waals surface area contributed by atoms with Crippen molar-refractivity contribution in [2.75, 3.05) is 19.6 Å². The minimum absolute atomic E-state index is 0.341. The zero-order valence-electron chi connectivity index (χ0n) is 11.8. The second-order valence-corrected chi connectivity index (χ2v) is 7.45. The third-order valence-electron chi connectivity index (χ3n) is 6.07. The largest absolute Gasteiger partial charge is 0.356 e. The maximum atomic E-state index is 12.3. The standard InChI is InChI=1S/C16H26N2O/c19-15(14-9-16(14)5-7-17-8-6-16)18-10-13(11-1-2-11)12-3-4-12/h11-14,17H,1-10H2,(H,18,19). The summed E-state index contributed by atoms with van der Waals surface area (Å²) in [5, 5.41) is 6.70. The summed E-state index contributed by atoms with van der Waals surface area (Å²) in [5.41, 5.74) is 0.393. The molecule has 1 aliphatic heterocycles. The van der Waals surface area contributed by atoms with Gasteiger partial charge in [-0.1, -0.05) is 0 Å². The van der Waals surface area contributed by atoms with Gasteiger partial charge in [-0.3, -0.25) is 4.79 Å². The quantitative estimate of drug-likeness (QED) is 0.795. The van der Waals surface area contributed by atoms with Crippen LogP contribution in [0.2, 0.25) is 0 Å². The Hall–Kier alpha value is -0.570. The van der Waals surface area contributed by atoms with Crippen molar-refractivity contribution < 1.29 is 4.79 Å². The van der Waals surface area contributed by atoms with E-state index in [1.807, 2.05) is 0 Å². The van der Waals surface area contributed by atoms with E-state index >= 15 is 0 Å². The van der Waals surface area contributed by atoms with E-state index in [0.717, 1.165) is 43.8 Å². The van der Waals surface area contributed by atoms with E-state index in [4.69, 9.17) is 0 Å². The first kappa shape index (κ1) is 12.2. The lowest BCUT2D eigenvalue weighted by Crippen LogP contribution is -2.36. The molecule has 1 amide bonds. The third-order valence-corrected chi connectivity index (χ3v) is 6.07. The van der Waals surface area contributed by atoms with Gasteiger partial charge in [-0.2, -0.15) is 0 Å². The zero-order chi connectivity index (χ0) is 12.9. The van der Waals surface area contributed by atoms with Crippen molar-refractivity contribution in [3.05, 3.63) is 0 Å². The van der Waals surface area contributed by atoms with Crippen molar-refractivity contribution in [1.29, 1.82) is 0 Å². The first-order valence-corrected chi connectivity index (χ1v) is 8.27. The van der Waals surface area contributed by atoms with Gasteiger partial charge in [-0.25, -0.2) is 0 Å². The van der Waals surface area contributed by atoms with Gasteiger partial charge in [-0.15, -0.1) is 0 Å². The lowest BCUT2D eigenvalue weighted by atomic mass is 9.91. The van der Waals surface area contributed by atoms with Crippen LogP contribution in [-0.2, 0) is 4.79 Å². The first-order valence-electron chi connectivity index (χ1n) is 8.27. The molecule has 0 aromatic heterocycles. The van der Waals surface area contributed by atoms with Crippen molar-refractivity contribution >= 4 is 5.91 Å². The maximum Gasteiger partial charge on any atom is 0.223 e. The van der Waals surface area contributed by atoms with Gasteiger partial charge in [0.2, 0.25) is 5.91 Å². The van der Waals surface area contributed by atoms with Gasteiger partial charge in [0.1, 0.15) is 0 Å². The summed E-state index contributed by atoms with van der Waals surface area (Å²) in [4.78, 5) is 12.3. The molecule has 1 unspecified atom stereocenters. The smallest absolute Gasteiger partial charge is 0.223 e. The van der Waals surface area contributed by atoms with Gasteiger partial charge < -0.3 is 10.6 Å². The molecule has 0 bridgehead atoms. The first-order chi connectivity index (χ1) is 9.28. The number of nitrogens with one attached hydrogen (secondary N) is 2. The fourth-order valence-corrected chi connectivity index (χ4v) is 4.30. The molecule has 1 saturated heterocycles. The molecular formula is C16H26N2O. The van der Waals surface area contributed by atoms with Crippen molar-refractivity contribution in [3.8, 4) is 0 Å². The molecular weight excluding hydrogens is 236 g/mol. The van der Waals surface area contributed by atoms with Crippen molar-refractivity contribution in [3.63, 3.8) is 0 Å². The van der Waals surface area contributed by atoms with E-state index in [1.165, 1.54) is 38.5 Å². The van der Waals surface area contributed by atoms with Crippen LogP contribution in [0.5, 0.6) is 0 Å². The summed E-state index contributed by atoms with van der Waals surface area (Å²) in [6.07, 6.45) is 9.22. The maximum absolute atomic E-state index is 12.3. The Balaban J connectivity index is 1.27. The second-order valence-electron chi connectivity index (χ2n) is 7.45. The molecule has 4 rings (SSSR count). The number of hydrogen-bond donors (Lipinski definition) is 2. The van der Waals surface area contributed by atoms with Crippen molar-refractivity contribution in [1.82, 2.24) is 10.6 Å². The molecule has 4 fully saturated rings. The van der Waals surface area contributed by atoms with Crippen LogP contribution in [0.1, 0.15) is 44.9 Å². The normalized spacial score (nSPS) is 32.6. The molecule has 0 aromatic rings. The van der Waals surface area contributed by atoms with E-state index in [9.17, 15) is 4.79 Å². The molecule has 3 nitrogen and oxygen atoms in total. The molecule has 19 heavy (non-hydrogen) atoms. The minimum atomic E-state index is 0.341. The van der Waals surface area contributed by atoms with Crippen LogP contribution >= 0.6 is 0 Å². The number of piperidine rings is 1. The zero-order valence-corrected chi connectivity index (χ0v) is 11.8. The predicted octanol–water partition coefficient (Wildman–Crippen LogP) is 1.93. The van der Waals surface area contributed by atoms with Crippen molar-refractivity contribution in [2.24, 2.45) is 29.1 Å². The van der Waals surface area contributed by atoms with E-state index in [0.29, 0.717) is 17.2 Å². The third kappa shape index (κ3) is 2.42. The van der Waals surface area contributed by atoms with Gasteiger partial charge >= 0.3 is 0 Å². The summed E-state index contributed by atoms with van der Waals surface area (Å²) >= 11 is 0. The van der Waals surface area contributed by atoms with Crippen LogP contribution in [0.4, 0.5) is 0 Å². The number of amides is 1. The number of rotatable bonds is 5. The van der Waals surface area contributed by atoms with Gasteiger partial charge in [-0.05, 0) is 81.2 Å². The van der Waals surface area contributed by atoms with E-state index in [1.54, 1.807) is 0 Å². The number of carbonyl (C=O) groups excluding carboxylic acids is 1. The Bertz CT molecular complexity index is 355. The predicted molar refractivity (Wildman–Crippen MR) is 74.6 cm³/mol. The number of hydrogen-bond acceptors (Lipinski definition) is 2. The Labute approximate surface area is 115 Å². The summed E-state index contributed by atoms with van der Waals surface area (Å²) in [6.45, 7) is 3.19. The van der Waals surface area contributed by atoms with E-state index < -0.39 is 0 Å². The minimum Gasteiger partial charge on any atom is -0.356 e. The Kier molecular flexibility index (Phi) is 2.87. The molecule has 1 heterocycles. The van der Waals surface area contributed by atoms with Crippen LogP contribution in [0, 0.1) is 29.1 Å². The topological polar surface area (TPSA) is 41.1 Å². The highest BCUT2D eigenvalue weighted by atomic mass is 16.2. The summed E-state index contributed by atoms with van der Waals surface area (Å²) < 4.78 is 0. The monoisotopic (exact) mass is 262 g/mol. The Morgan fingerprint density at radius 2 is 1.79 bits per heavy atom. The molecule has 0 radical (unpaired) electrons. The lowest BCUT2D eigenvalue weighted by Gasteiger charge is -2.23. The summed E-state index contributed by atoms with van der Waals surface area (Å²) in [6, 6.07) is 0. The molecule has 2 N–H and O–H groups in total. The average Bonchev–Trinajstić information content (AvgIpc) is 3.25. The molecule has 3 saturated carbocycles.